The number of allylic oxidation sites excluding steroid dienone is 4. The molecule has 1 N–H and O–H groups in total. The van der Waals surface area contributed by atoms with Crippen LogP contribution in [0, 0.1) is 6.08 Å². The van der Waals surface area contributed by atoms with E-state index in [4.69, 9.17) is 10.5 Å². The van der Waals surface area contributed by atoms with Gasteiger partial charge in [0, 0.05) is 15.9 Å². The molecule has 1 rings (SSSR count). The molecule has 6 heteroatoms. The summed E-state index contributed by atoms with van der Waals surface area (Å²) in [6.07, 6.45) is 8.24. The third-order valence-corrected chi connectivity index (χ3v) is 0.872. The van der Waals surface area contributed by atoms with Crippen LogP contribution in [0.3, 0.4) is 0 Å². The summed E-state index contributed by atoms with van der Waals surface area (Å²) in [5.74, 6) is 0. The van der Waals surface area contributed by atoms with Crippen LogP contribution in [-0.4, -0.2) is 15.9 Å². The minimum absolute atomic E-state index is 0. The third kappa shape index (κ3) is 40.1. The van der Waals surface area contributed by atoms with E-state index in [0.717, 1.165) is 15.9 Å². The van der Waals surface area contributed by atoms with Gasteiger partial charge in [-0.2, -0.15) is 6.08 Å². The van der Waals surface area contributed by atoms with Crippen LogP contribution in [0.15, 0.2) is 17.7 Å². The predicted molar refractivity (Wildman–Crippen MR) is 55.4 cm³/mol. The van der Waals surface area contributed by atoms with Gasteiger partial charge >= 0.3 is 26.2 Å². The van der Waals surface area contributed by atoms with Crippen LogP contribution in [0.5, 0.6) is 0 Å². The maximum absolute atomic E-state index is 8.47. The molecule has 0 saturated heterocycles. The molecule has 0 unspecified atom stereocenters. The zero-order valence-corrected chi connectivity index (χ0v) is 14.3. The van der Waals surface area contributed by atoms with Crippen molar-refractivity contribution in [2.75, 3.05) is 0 Å². The van der Waals surface area contributed by atoms with Gasteiger partial charge in [-0.25, -0.2) is 11.6 Å². The fourth-order valence-corrected chi connectivity index (χ4v) is 0.499. The van der Waals surface area contributed by atoms with Crippen molar-refractivity contribution >= 4 is 15.9 Å². The Morgan fingerprint density at radius 1 is 1.47 bits per heavy atom. The number of hydrogen-bond acceptors (Lipinski definition) is 1. The zero-order chi connectivity index (χ0) is 9.82. The molecule has 0 aliphatic heterocycles. The third-order valence-electron chi connectivity index (χ3n) is 0.872. The summed E-state index contributed by atoms with van der Waals surface area (Å²) >= 11 is 0. The van der Waals surface area contributed by atoms with Gasteiger partial charge in [-0.05, 0) is 0 Å². The first kappa shape index (κ1) is 29.6. The first-order valence-electron chi connectivity index (χ1n) is 3.81. The smallest absolute Gasteiger partial charge is 1.00 e. The summed E-state index contributed by atoms with van der Waals surface area (Å²) in [6.45, 7) is 6.50. The summed E-state index contributed by atoms with van der Waals surface area (Å²) in [6, 6.07) is 0. The molecular weight excluding hydrogens is 328 g/mol. The van der Waals surface area contributed by atoms with E-state index in [1.807, 2.05) is 6.08 Å². The molecule has 2 nitrogen and oxygen atoms in total. The molecule has 0 bridgehead atoms. The molecule has 0 saturated carbocycles. The van der Waals surface area contributed by atoms with E-state index in [1.54, 1.807) is 0 Å². The SMILES string of the molecule is CC1=CC[C-]=C1.C[SiH]C.[Cl-].[Cl-].[NH-]C=O.[Zr+4]. The molecule has 85 valence electrons. The molecule has 0 aromatic heterocycles. The van der Waals surface area contributed by atoms with Crippen molar-refractivity contribution in [1.29, 1.82) is 0 Å². The van der Waals surface area contributed by atoms with Crippen LogP contribution in [0.4, 0.5) is 0 Å². The Kier molecular flexibility index (Phi) is 57.8. The number of amides is 1. The van der Waals surface area contributed by atoms with Crippen molar-refractivity contribution in [3.05, 3.63) is 29.5 Å². The van der Waals surface area contributed by atoms with Crippen LogP contribution >= 0.6 is 0 Å². The van der Waals surface area contributed by atoms with E-state index in [-0.39, 0.29) is 57.4 Å². The van der Waals surface area contributed by atoms with Crippen LogP contribution in [-0.2, 0) is 31.0 Å². The first-order chi connectivity index (χ1) is 5.72. The molecule has 0 aromatic carbocycles. The minimum Gasteiger partial charge on any atom is -1.00 e. The normalized spacial score (nSPS) is 9.40. The maximum Gasteiger partial charge on any atom is 4.00 e. The van der Waals surface area contributed by atoms with E-state index in [1.165, 1.54) is 5.57 Å². The number of halogens is 2. The molecule has 1 amide bonds. The number of carbonyl (C=O) groups is 1. The molecule has 0 spiro atoms. The second kappa shape index (κ2) is 29.3. The quantitative estimate of drug-likeness (QED) is 0.255. The summed E-state index contributed by atoms with van der Waals surface area (Å²) in [5.41, 5.74) is 6.87. The van der Waals surface area contributed by atoms with E-state index >= 15 is 0 Å². The number of hydrogen-bond donors (Lipinski definition) is 0. The van der Waals surface area contributed by atoms with E-state index in [9.17, 15) is 0 Å². The summed E-state index contributed by atoms with van der Waals surface area (Å²) < 4.78 is 0. The van der Waals surface area contributed by atoms with E-state index in [0.29, 0.717) is 0 Å². The van der Waals surface area contributed by atoms with Gasteiger partial charge in [0.25, 0.3) is 0 Å². The standard InChI is InChI=1S/C6H7.C2H7Si.CH3NO.2ClH.Zr/c1-6-4-2-3-5-6;1-3-2;2-1-3;;;/h4-5H,2H2,1H3;3H,1-2H3;1H,(H2,2,3);2*1H;/q-1;;;;;+4/p-3. The Bertz CT molecular complexity index is 163. The molecule has 1 aliphatic rings. The molecule has 0 aromatic rings. The van der Waals surface area contributed by atoms with E-state index < -0.39 is 0 Å². The van der Waals surface area contributed by atoms with Crippen molar-refractivity contribution in [1.82, 2.24) is 0 Å². The Labute approximate surface area is 127 Å². The van der Waals surface area contributed by atoms with Crippen molar-refractivity contribution in [2.24, 2.45) is 0 Å². The van der Waals surface area contributed by atoms with Crippen LogP contribution in [0.1, 0.15) is 13.3 Å². The minimum atomic E-state index is 0. The number of carbonyl (C=O) groups excluding carboxylic acids is 1. The average Bonchev–Trinajstić information content (AvgIpc) is 2.43. The van der Waals surface area contributed by atoms with Crippen LogP contribution in [0.2, 0.25) is 13.1 Å². The second-order valence-electron chi connectivity index (χ2n) is 2.20. The summed E-state index contributed by atoms with van der Waals surface area (Å²) in [7, 11) is 0.750. The van der Waals surface area contributed by atoms with Crippen molar-refractivity contribution in [3.8, 4) is 0 Å². The van der Waals surface area contributed by atoms with Gasteiger partial charge in [0.15, 0.2) is 0 Å². The van der Waals surface area contributed by atoms with Gasteiger partial charge in [-0.3, -0.25) is 6.08 Å². The van der Waals surface area contributed by atoms with Crippen LogP contribution in [0.25, 0.3) is 5.73 Å². The summed E-state index contributed by atoms with van der Waals surface area (Å²) in [5, 5.41) is 0. The first-order valence-corrected chi connectivity index (χ1v) is 6.12. The Morgan fingerprint density at radius 3 is 1.87 bits per heavy atom. The summed E-state index contributed by atoms with van der Waals surface area (Å²) in [4.78, 5) is 8.47. The van der Waals surface area contributed by atoms with Gasteiger partial charge in [0.1, 0.15) is 0 Å². The largest absolute Gasteiger partial charge is 4.00 e. The predicted octanol–water partition coefficient (Wildman–Crippen LogP) is -3.58. The molecule has 0 heterocycles. The molecule has 1 radical (unpaired) electrons. The maximum atomic E-state index is 8.47. The fourth-order valence-electron chi connectivity index (χ4n) is 0.499. The number of nitrogens with one attached hydrogen (secondary N) is 1. The van der Waals surface area contributed by atoms with Crippen molar-refractivity contribution < 1.29 is 55.8 Å². The van der Waals surface area contributed by atoms with Gasteiger partial charge in [-0.15, -0.1) is 13.3 Å². The van der Waals surface area contributed by atoms with Gasteiger partial charge < -0.3 is 35.3 Å². The van der Waals surface area contributed by atoms with Crippen molar-refractivity contribution in [3.63, 3.8) is 0 Å². The molecule has 0 fully saturated rings. The van der Waals surface area contributed by atoms with Gasteiger partial charge in [0.2, 0.25) is 0 Å². The van der Waals surface area contributed by atoms with E-state index in [2.05, 4.69) is 32.2 Å². The van der Waals surface area contributed by atoms with Crippen LogP contribution < -0.4 is 24.8 Å². The second-order valence-corrected chi connectivity index (χ2v) is 3.35. The Balaban J connectivity index is -0.0000000333. The fraction of sp³-hybridized carbons (Fsp3) is 0.444. The van der Waals surface area contributed by atoms with Crippen molar-refractivity contribution in [2.45, 2.75) is 26.4 Å². The molecule has 15 heavy (non-hydrogen) atoms. The molecular formula is C9H16Cl2NOSiZr. The Morgan fingerprint density at radius 2 is 1.80 bits per heavy atom. The van der Waals surface area contributed by atoms with Gasteiger partial charge in [-0.1, -0.05) is 13.1 Å². The Hall–Kier alpha value is 0.630. The molecule has 1 aliphatic carbocycles. The zero-order valence-electron chi connectivity index (χ0n) is 9.18. The average molecular weight is 344 g/mol. The monoisotopic (exact) mass is 342 g/mol. The number of rotatable bonds is 0. The molecule has 0 atom stereocenters. The topological polar surface area (TPSA) is 40.9 Å². The van der Waals surface area contributed by atoms with Gasteiger partial charge in [0.05, 0.1) is 0 Å².